The maximum Gasteiger partial charge on any atom is 0.405 e. The summed E-state index contributed by atoms with van der Waals surface area (Å²) in [6, 6.07) is 0. The Labute approximate surface area is 97.9 Å². The van der Waals surface area contributed by atoms with Crippen LogP contribution in [0.2, 0.25) is 0 Å². The molecule has 0 aromatic rings. The normalized spacial score (nSPS) is 15.9. The first-order valence-electron chi connectivity index (χ1n) is 5.59. The molecule has 0 atom stereocenters. The summed E-state index contributed by atoms with van der Waals surface area (Å²) in [6.07, 6.45) is -1.93. The third-order valence-corrected chi connectivity index (χ3v) is 2.25. The molecule has 4 nitrogen and oxygen atoms in total. The second-order valence-corrected chi connectivity index (χ2v) is 4.09. The van der Waals surface area contributed by atoms with Crippen LogP contribution >= 0.6 is 0 Å². The number of ether oxygens (including phenoxy) is 1. The van der Waals surface area contributed by atoms with Crippen LogP contribution in [0.3, 0.4) is 0 Å². The molecule has 0 unspecified atom stereocenters. The maximum absolute atomic E-state index is 11.7. The van der Waals surface area contributed by atoms with Crippen LogP contribution in [0.1, 0.15) is 12.8 Å². The predicted molar refractivity (Wildman–Crippen MR) is 55.5 cm³/mol. The Balaban J connectivity index is 1.85. The zero-order valence-corrected chi connectivity index (χ0v) is 9.48. The monoisotopic (exact) mass is 254 g/mol. The smallest absolute Gasteiger partial charge is 0.380 e. The molecule has 0 heterocycles. The molecule has 1 fully saturated rings. The fourth-order valence-electron chi connectivity index (χ4n) is 1.14. The average molecular weight is 254 g/mol. The standard InChI is InChI=1S/C10H17F3N2O2/c11-10(12,13)7-15-9(16)5-14-3-4-17-6-8-1-2-8/h8,14H,1-7H2,(H,15,16). The first-order valence-corrected chi connectivity index (χ1v) is 5.59. The van der Waals surface area contributed by atoms with E-state index in [1.807, 2.05) is 0 Å². The van der Waals surface area contributed by atoms with Crippen molar-refractivity contribution in [1.29, 1.82) is 0 Å². The molecule has 0 aromatic heterocycles. The van der Waals surface area contributed by atoms with Crippen molar-refractivity contribution in [3.63, 3.8) is 0 Å². The quantitative estimate of drug-likeness (QED) is 0.626. The molecule has 1 aliphatic rings. The van der Waals surface area contributed by atoms with E-state index >= 15 is 0 Å². The van der Waals surface area contributed by atoms with E-state index in [1.165, 1.54) is 12.8 Å². The number of hydrogen-bond acceptors (Lipinski definition) is 3. The van der Waals surface area contributed by atoms with E-state index in [-0.39, 0.29) is 6.54 Å². The fourth-order valence-corrected chi connectivity index (χ4v) is 1.14. The van der Waals surface area contributed by atoms with Crippen molar-refractivity contribution in [2.24, 2.45) is 5.92 Å². The Morgan fingerprint density at radius 2 is 2.06 bits per heavy atom. The molecule has 1 aliphatic carbocycles. The van der Waals surface area contributed by atoms with Crippen LogP contribution in [0.25, 0.3) is 0 Å². The van der Waals surface area contributed by atoms with Crippen molar-refractivity contribution in [3.05, 3.63) is 0 Å². The van der Waals surface area contributed by atoms with Gasteiger partial charge < -0.3 is 15.4 Å². The van der Waals surface area contributed by atoms with Crippen LogP contribution in [0, 0.1) is 5.92 Å². The number of hydrogen-bond donors (Lipinski definition) is 2. The van der Waals surface area contributed by atoms with Crippen LogP contribution in [0.4, 0.5) is 13.2 Å². The van der Waals surface area contributed by atoms with E-state index in [0.29, 0.717) is 19.1 Å². The molecular formula is C10H17F3N2O2. The largest absolute Gasteiger partial charge is 0.405 e. The van der Waals surface area contributed by atoms with Gasteiger partial charge in [-0.3, -0.25) is 4.79 Å². The molecule has 17 heavy (non-hydrogen) atoms. The number of amides is 1. The Hall–Kier alpha value is -0.820. The Morgan fingerprint density at radius 3 is 2.65 bits per heavy atom. The van der Waals surface area contributed by atoms with E-state index in [9.17, 15) is 18.0 Å². The number of nitrogens with one attached hydrogen (secondary N) is 2. The summed E-state index contributed by atoms with van der Waals surface area (Å²) < 4.78 is 40.5. The zero-order chi connectivity index (χ0) is 12.7. The third kappa shape index (κ3) is 8.93. The lowest BCUT2D eigenvalue weighted by Gasteiger charge is -2.09. The molecule has 0 spiro atoms. The van der Waals surface area contributed by atoms with Gasteiger partial charge in [-0.05, 0) is 18.8 Å². The fraction of sp³-hybridized carbons (Fsp3) is 0.900. The SMILES string of the molecule is O=C(CNCCOCC1CC1)NCC(F)(F)F. The van der Waals surface area contributed by atoms with Gasteiger partial charge in [0, 0.05) is 13.2 Å². The lowest BCUT2D eigenvalue weighted by atomic mass is 10.5. The summed E-state index contributed by atoms with van der Waals surface area (Å²) >= 11 is 0. The lowest BCUT2D eigenvalue weighted by molar-refractivity contribution is -0.137. The van der Waals surface area contributed by atoms with Gasteiger partial charge in [-0.1, -0.05) is 0 Å². The molecule has 0 aliphatic heterocycles. The van der Waals surface area contributed by atoms with Gasteiger partial charge in [-0.25, -0.2) is 0 Å². The number of rotatable bonds is 8. The molecule has 1 rings (SSSR count). The van der Waals surface area contributed by atoms with E-state index < -0.39 is 18.6 Å². The Kier molecular flexibility index (Phi) is 5.70. The predicted octanol–water partition coefficient (Wildman–Crippen LogP) is 0.681. The third-order valence-electron chi connectivity index (χ3n) is 2.25. The summed E-state index contributed by atoms with van der Waals surface area (Å²) in [5.41, 5.74) is 0. The summed E-state index contributed by atoms with van der Waals surface area (Å²) in [7, 11) is 0. The Bertz CT molecular complexity index is 242. The minimum atomic E-state index is -4.36. The van der Waals surface area contributed by atoms with Gasteiger partial charge in [0.25, 0.3) is 0 Å². The summed E-state index contributed by atoms with van der Waals surface area (Å²) in [4.78, 5) is 10.9. The van der Waals surface area contributed by atoms with Crippen LogP contribution in [-0.4, -0.2) is 44.9 Å². The van der Waals surface area contributed by atoms with Crippen molar-refractivity contribution in [3.8, 4) is 0 Å². The van der Waals surface area contributed by atoms with Crippen LogP contribution in [0.15, 0.2) is 0 Å². The number of carbonyl (C=O) groups excluding carboxylic acids is 1. The van der Waals surface area contributed by atoms with Crippen molar-refractivity contribution >= 4 is 5.91 Å². The van der Waals surface area contributed by atoms with Crippen LogP contribution in [0.5, 0.6) is 0 Å². The van der Waals surface area contributed by atoms with Crippen molar-refractivity contribution < 1.29 is 22.7 Å². The molecule has 0 saturated heterocycles. The minimum absolute atomic E-state index is 0.122. The van der Waals surface area contributed by atoms with Crippen molar-refractivity contribution in [1.82, 2.24) is 10.6 Å². The Morgan fingerprint density at radius 1 is 1.35 bits per heavy atom. The van der Waals surface area contributed by atoms with Gasteiger partial charge >= 0.3 is 6.18 Å². The van der Waals surface area contributed by atoms with E-state index in [4.69, 9.17) is 4.74 Å². The van der Waals surface area contributed by atoms with Gasteiger partial charge in [0.1, 0.15) is 6.54 Å². The molecule has 1 saturated carbocycles. The van der Waals surface area contributed by atoms with Gasteiger partial charge in [0.15, 0.2) is 0 Å². The summed E-state index contributed by atoms with van der Waals surface area (Å²) in [5.74, 6) is 0.0228. The average Bonchev–Trinajstić information content (AvgIpc) is 3.03. The highest BCUT2D eigenvalue weighted by Crippen LogP contribution is 2.28. The highest BCUT2D eigenvalue weighted by molar-refractivity contribution is 5.77. The zero-order valence-electron chi connectivity index (χ0n) is 9.48. The highest BCUT2D eigenvalue weighted by atomic mass is 19.4. The molecule has 2 N–H and O–H groups in total. The van der Waals surface area contributed by atoms with Gasteiger partial charge in [0.05, 0.1) is 13.2 Å². The molecular weight excluding hydrogens is 237 g/mol. The second kappa shape index (κ2) is 6.80. The first-order chi connectivity index (χ1) is 7.97. The van der Waals surface area contributed by atoms with Gasteiger partial charge in [-0.2, -0.15) is 13.2 Å². The van der Waals surface area contributed by atoms with Crippen molar-refractivity contribution in [2.45, 2.75) is 19.0 Å². The van der Waals surface area contributed by atoms with Crippen LogP contribution < -0.4 is 10.6 Å². The topological polar surface area (TPSA) is 50.4 Å². The molecule has 0 aromatic carbocycles. The highest BCUT2D eigenvalue weighted by Gasteiger charge is 2.27. The molecule has 1 amide bonds. The number of alkyl halides is 3. The minimum Gasteiger partial charge on any atom is -0.380 e. The van der Waals surface area contributed by atoms with E-state index in [0.717, 1.165) is 6.61 Å². The maximum atomic E-state index is 11.7. The molecule has 0 radical (unpaired) electrons. The second-order valence-electron chi connectivity index (χ2n) is 4.09. The molecule has 7 heteroatoms. The van der Waals surface area contributed by atoms with Crippen LogP contribution in [-0.2, 0) is 9.53 Å². The lowest BCUT2D eigenvalue weighted by Crippen LogP contribution is -2.39. The van der Waals surface area contributed by atoms with E-state index in [1.54, 1.807) is 5.32 Å². The van der Waals surface area contributed by atoms with Gasteiger partial charge in [-0.15, -0.1) is 0 Å². The number of carbonyl (C=O) groups is 1. The summed E-state index contributed by atoms with van der Waals surface area (Å²) in [6.45, 7) is 0.270. The number of halogens is 3. The first kappa shape index (κ1) is 14.2. The van der Waals surface area contributed by atoms with Crippen molar-refractivity contribution in [2.75, 3.05) is 32.8 Å². The summed E-state index contributed by atoms with van der Waals surface area (Å²) in [5, 5.41) is 4.49. The van der Waals surface area contributed by atoms with E-state index in [2.05, 4.69) is 5.32 Å². The molecule has 0 bridgehead atoms. The molecule has 100 valence electrons. The van der Waals surface area contributed by atoms with Gasteiger partial charge in [0.2, 0.25) is 5.91 Å².